The molecule has 3 aliphatic rings. The maximum Gasteiger partial charge on any atom is 0.213 e. The van der Waals surface area contributed by atoms with E-state index in [1.807, 2.05) is 12.1 Å². The number of hydrogen-bond acceptors (Lipinski definition) is 8. The predicted octanol–water partition coefficient (Wildman–Crippen LogP) is 3.88. The molecule has 190 valence electrons. The van der Waals surface area contributed by atoms with Gasteiger partial charge in [0, 0.05) is 49.0 Å². The van der Waals surface area contributed by atoms with Crippen LogP contribution in [0.25, 0.3) is 11.0 Å². The number of nitrogens with zero attached hydrogens (tertiary/aromatic N) is 3. The molecule has 0 radical (unpaired) electrons. The van der Waals surface area contributed by atoms with E-state index < -0.39 is 6.10 Å². The van der Waals surface area contributed by atoms with Crippen molar-refractivity contribution >= 4 is 22.6 Å². The van der Waals surface area contributed by atoms with E-state index in [1.165, 1.54) is 5.56 Å². The van der Waals surface area contributed by atoms with Crippen molar-refractivity contribution in [1.29, 1.82) is 0 Å². The van der Waals surface area contributed by atoms with E-state index in [2.05, 4.69) is 32.3 Å². The monoisotopic (exact) mass is 510 g/mol. The molecule has 3 aromatic rings. The fourth-order valence-electron chi connectivity index (χ4n) is 5.97. The zero-order valence-electron chi connectivity index (χ0n) is 20.3. The van der Waals surface area contributed by atoms with Gasteiger partial charge in [-0.3, -0.25) is 9.88 Å². The number of aliphatic hydroxyl groups excluding tert-OH is 1. The van der Waals surface area contributed by atoms with Crippen LogP contribution in [0.3, 0.4) is 0 Å². The molecular formula is C27H31ClN4O4. The number of fused-ring (bicyclic) bond motifs is 4. The fraction of sp³-hybridized carbons (Fsp3) is 0.481. The van der Waals surface area contributed by atoms with Crippen LogP contribution in [-0.4, -0.2) is 65.0 Å². The van der Waals surface area contributed by atoms with Gasteiger partial charge < -0.3 is 24.6 Å². The van der Waals surface area contributed by atoms with E-state index in [0.717, 1.165) is 43.7 Å². The van der Waals surface area contributed by atoms with Crippen molar-refractivity contribution in [2.75, 3.05) is 26.9 Å². The molecule has 6 rings (SSSR count). The van der Waals surface area contributed by atoms with Gasteiger partial charge in [-0.15, -0.1) is 0 Å². The van der Waals surface area contributed by atoms with Crippen molar-refractivity contribution in [1.82, 2.24) is 20.2 Å². The highest BCUT2D eigenvalue weighted by Gasteiger charge is 2.41. The summed E-state index contributed by atoms with van der Waals surface area (Å²) in [5.41, 5.74) is 3.11. The number of aromatic nitrogens is 2. The zero-order chi connectivity index (χ0) is 24.6. The summed E-state index contributed by atoms with van der Waals surface area (Å²) in [6.07, 6.45) is 5.26. The Morgan fingerprint density at radius 2 is 1.92 bits per heavy atom. The molecule has 2 bridgehead atoms. The molecule has 0 aliphatic carbocycles. The SMILES string of the molecule is COc1ccc2ncc(Cl)c(C(O)CN3C4CCC3CC(NCc3ccc5c(c3)OCCO5)C4)c2n1. The minimum absolute atomic E-state index is 0.430. The molecule has 8 nitrogen and oxygen atoms in total. The highest BCUT2D eigenvalue weighted by Crippen LogP contribution is 2.39. The molecule has 0 spiro atoms. The average Bonchev–Trinajstić information content (AvgIpc) is 3.13. The Bertz CT molecular complexity index is 1240. The van der Waals surface area contributed by atoms with Gasteiger partial charge in [0.1, 0.15) is 18.7 Å². The van der Waals surface area contributed by atoms with Crippen molar-refractivity contribution in [2.45, 2.75) is 56.5 Å². The number of pyridine rings is 2. The maximum atomic E-state index is 11.3. The second kappa shape index (κ2) is 10.0. The van der Waals surface area contributed by atoms with E-state index in [9.17, 15) is 5.11 Å². The van der Waals surface area contributed by atoms with E-state index in [-0.39, 0.29) is 0 Å². The van der Waals surface area contributed by atoms with Crippen LogP contribution in [0.15, 0.2) is 36.5 Å². The summed E-state index contributed by atoms with van der Waals surface area (Å²) in [6, 6.07) is 11.1. The molecular weight excluding hydrogens is 480 g/mol. The highest BCUT2D eigenvalue weighted by molar-refractivity contribution is 6.32. The van der Waals surface area contributed by atoms with Crippen LogP contribution < -0.4 is 19.5 Å². The van der Waals surface area contributed by atoms with Gasteiger partial charge in [0.25, 0.3) is 0 Å². The molecule has 3 atom stereocenters. The second-order valence-corrected chi connectivity index (χ2v) is 10.3. The summed E-state index contributed by atoms with van der Waals surface area (Å²) >= 11 is 6.52. The third-order valence-electron chi connectivity index (χ3n) is 7.69. The Morgan fingerprint density at radius 3 is 2.69 bits per heavy atom. The maximum absolute atomic E-state index is 11.3. The Kier molecular flexibility index (Phi) is 6.60. The van der Waals surface area contributed by atoms with Gasteiger partial charge in [0.15, 0.2) is 11.5 Å². The van der Waals surface area contributed by atoms with Gasteiger partial charge in [-0.05, 0) is 49.4 Å². The average molecular weight is 511 g/mol. The molecule has 36 heavy (non-hydrogen) atoms. The lowest BCUT2D eigenvalue weighted by atomic mass is 9.95. The number of piperidine rings is 1. The smallest absolute Gasteiger partial charge is 0.213 e. The van der Waals surface area contributed by atoms with E-state index in [1.54, 1.807) is 19.4 Å². The first kappa shape index (κ1) is 23.7. The Morgan fingerprint density at radius 1 is 1.14 bits per heavy atom. The Hall–Kier alpha value is -2.65. The first-order valence-electron chi connectivity index (χ1n) is 12.6. The predicted molar refractivity (Wildman–Crippen MR) is 137 cm³/mol. The molecule has 2 N–H and O–H groups in total. The first-order chi connectivity index (χ1) is 17.6. The second-order valence-electron chi connectivity index (χ2n) is 9.87. The van der Waals surface area contributed by atoms with Crippen LogP contribution in [0, 0.1) is 0 Å². The van der Waals surface area contributed by atoms with Gasteiger partial charge in [0.2, 0.25) is 5.88 Å². The summed E-state index contributed by atoms with van der Waals surface area (Å²) < 4.78 is 16.7. The standard InChI is InChI=1S/C27H31ClN4O4/c1-34-25-7-5-21-27(31-25)26(20(28)14-30-21)22(33)15-32-18-3-4-19(32)12-17(11-18)29-13-16-2-6-23-24(10-16)36-9-8-35-23/h2,5-7,10,14,17-19,22,29,33H,3-4,8-9,11-13,15H2,1H3. The summed E-state index contributed by atoms with van der Waals surface area (Å²) in [6.45, 7) is 2.54. The molecule has 2 aromatic heterocycles. The molecule has 3 unspecified atom stereocenters. The van der Waals surface area contributed by atoms with Crippen molar-refractivity contribution in [3.8, 4) is 17.4 Å². The third kappa shape index (κ3) is 4.59. The summed E-state index contributed by atoms with van der Waals surface area (Å²) in [7, 11) is 1.58. The lowest BCUT2D eigenvalue weighted by Crippen LogP contribution is -2.50. The lowest BCUT2D eigenvalue weighted by molar-refractivity contribution is 0.0521. The minimum Gasteiger partial charge on any atom is -0.486 e. The molecule has 0 amide bonds. The van der Waals surface area contributed by atoms with Gasteiger partial charge in [-0.25, -0.2) is 4.98 Å². The highest BCUT2D eigenvalue weighted by atomic mass is 35.5. The largest absolute Gasteiger partial charge is 0.486 e. The molecule has 2 fully saturated rings. The number of aliphatic hydroxyl groups is 1. The molecule has 5 heterocycles. The van der Waals surface area contributed by atoms with Crippen molar-refractivity contribution < 1.29 is 19.3 Å². The van der Waals surface area contributed by atoms with Crippen LogP contribution >= 0.6 is 11.6 Å². The van der Waals surface area contributed by atoms with Crippen LogP contribution in [0.4, 0.5) is 0 Å². The molecule has 9 heteroatoms. The van der Waals surface area contributed by atoms with E-state index in [4.69, 9.17) is 25.8 Å². The normalized spacial score (nSPS) is 24.1. The van der Waals surface area contributed by atoms with Gasteiger partial charge in [-0.2, -0.15) is 0 Å². The van der Waals surface area contributed by atoms with Gasteiger partial charge >= 0.3 is 0 Å². The van der Waals surface area contributed by atoms with Gasteiger partial charge in [-0.1, -0.05) is 17.7 Å². The van der Waals surface area contributed by atoms with Gasteiger partial charge in [0.05, 0.1) is 23.8 Å². The topological polar surface area (TPSA) is 89.0 Å². The number of nitrogens with one attached hydrogen (secondary N) is 1. The zero-order valence-corrected chi connectivity index (χ0v) is 21.1. The number of methoxy groups -OCH3 is 1. The Balaban J connectivity index is 1.12. The summed E-state index contributed by atoms with van der Waals surface area (Å²) in [5.74, 6) is 2.13. The van der Waals surface area contributed by atoms with Crippen LogP contribution in [0.2, 0.25) is 5.02 Å². The van der Waals surface area contributed by atoms with E-state index in [0.29, 0.717) is 65.4 Å². The fourth-order valence-corrected chi connectivity index (χ4v) is 6.23. The van der Waals surface area contributed by atoms with Crippen LogP contribution in [-0.2, 0) is 6.54 Å². The van der Waals surface area contributed by atoms with Crippen LogP contribution in [0.1, 0.15) is 42.9 Å². The number of benzene rings is 1. The third-order valence-corrected chi connectivity index (χ3v) is 7.99. The van der Waals surface area contributed by atoms with Crippen molar-refractivity contribution in [3.05, 3.63) is 52.7 Å². The van der Waals surface area contributed by atoms with E-state index >= 15 is 0 Å². The molecule has 0 saturated carbocycles. The lowest BCUT2D eigenvalue weighted by Gasteiger charge is -2.40. The summed E-state index contributed by atoms with van der Waals surface area (Å²) in [5, 5.41) is 15.5. The van der Waals surface area contributed by atoms with Crippen LogP contribution in [0.5, 0.6) is 17.4 Å². The minimum atomic E-state index is -0.757. The molecule has 1 aromatic carbocycles. The number of ether oxygens (including phenoxy) is 3. The molecule has 2 saturated heterocycles. The number of hydrogen-bond donors (Lipinski definition) is 2. The summed E-state index contributed by atoms with van der Waals surface area (Å²) in [4.78, 5) is 11.4. The Labute approximate surface area is 215 Å². The number of halogens is 1. The first-order valence-corrected chi connectivity index (χ1v) is 13.0. The quantitative estimate of drug-likeness (QED) is 0.495. The molecule has 3 aliphatic heterocycles. The number of rotatable bonds is 7. The van der Waals surface area contributed by atoms with Crippen molar-refractivity contribution in [2.24, 2.45) is 0 Å². The van der Waals surface area contributed by atoms with Crippen molar-refractivity contribution in [3.63, 3.8) is 0 Å².